The first-order valence-electron chi connectivity index (χ1n) is 9.32. The monoisotopic (exact) mass is 324 g/mol. The van der Waals surface area contributed by atoms with E-state index in [-0.39, 0.29) is 0 Å². The number of nitrogen functional groups attached to an aromatic ring is 1. The molecular formula is C22H32N2. The maximum absolute atomic E-state index is 5.77. The van der Waals surface area contributed by atoms with Gasteiger partial charge in [0.05, 0.1) is 0 Å². The maximum atomic E-state index is 5.77. The van der Waals surface area contributed by atoms with Gasteiger partial charge in [0.25, 0.3) is 0 Å². The third-order valence-corrected chi connectivity index (χ3v) is 5.01. The van der Waals surface area contributed by atoms with E-state index in [1.54, 1.807) is 0 Å². The highest BCUT2D eigenvalue weighted by Crippen LogP contribution is 2.24. The fraction of sp³-hybridized carbons (Fsp3) is 0.500. The average Bonchev–Trinajstić information content (AvgIpc) is 2.57. The van der Waals surface area contributed by atoms with Crippen LogP contribution in [0.2, 0.25) is 0 Å². The summed E-state index contributed by atoms with van der Waals surface area (Å²) in [5.74, 6) is 2.21. The molecule has 24 heavy (non-hydrogen) atoms. The molecular weight excluding hydrogens is 292 g/mol. The van der Waals surface area contributed by atoms with Crippen LogP contribution in [0.15, 0.2) is 42.6 Å². The van der Waals surface area contributed by atoms with Crippen LogP contribution in [0.25, 0.3) is 0 Å². The average molecular weight is 325 g/mol. The zero-order valence-electron chi connectivity index (χ0n) is 15.5. The van der Waals surface area contributed by atoms with Crippen LogP contribution in [0.3, 0.4) is 0 Å². The summed E-state index contributed by atoms with van der Waals surface area (Å²) in [6.07, 6.45) is 9.22. The van der Waals surface area contributed by atoms with Gasteiger partial charge in [-0.15, -0.1) is 0 Å². The third-order valence-electron chi connectivity index (χ3n) is 5.01. The highest BCUT2D eigenvalue weighted by Gasteiger charge is 2.12. The Morgan fingerprint density at radius 2 is 1.79 bits per heavy atom. The lowest BCUT2D eigenvalue weighted by Gasteiger charge is -2.20. The summed E-state index contributed by atoms with van der Waals surface area (Å²) >= 11 is 0. The molecule has 130 valence electrons. The number of hydrogen-bond acceptors (Lipinski definition) is 2. The molecule has 2 unspecified atom stereocenters. The van der Waals surface area contributed by atoms with Crippen molar-refractivity contribution in [1.82, 2.24) is 4.98 Å². The van der Waals surface area contributed by atoms with Gasteiger partial charge in [-0.05, 0) is 74.1 Å². The smallest absolute Gasteiger partial charge is 0.123 e. The molecule has 2 nitrogen and oxygen atoms in total. The van der Waals surface area contributed by atoms with Gasteiger partial charge in [-0.1, -0.05) is 50.1 Å². The predicted octanol–water partition coefficient (Wildman–Crippen LogP) is 5.59. The molecule has 0 aliphatic carbocycles. The summed E-state index contributed by atoms with van der Waals surface area (Å²) in [7, 11) is 0. The molecule has 0 fully saturated rings. The molecule has 2 atom stereocenters. The summed E-state index contributed by atoms with van der Waals surface area (Å²) in [4.78, 5) is 4.07. The molecule has 2 rings (SSSR count). The molecule has 0 amide bonds. The number of rotatable bonds is 9. The molecule has 0 saturated carbocycles. The van der Waals surface area contributed by atoms with Crippen LogP contribution in [0.1, 0.15) is 56.2 Å². The Morgan fingerprint density at radius 1 is 1.04 bits per heavy atom. The molecule has 0 aliphatic heterocycles. The molecule has 0 aliphatic rings. The zero-order chi connectivity index (χ0) is 17.4. The first-order chi connectivity index (χ1) is 11.6. The van der Waals surface area contributed by atoms with Gasteiger partial charge in [-0.2, -0.15) is 0 Å². The fourth-order valence-electron chi connectivity index (χ4n) is 3.48. The van der Waals surface area contributed by atoms with Crippen molar-refractivity contribution in [3.8, 4) is 0 Å². The van der Waals surface area contributed by atoms with Crippen molar-refractivity contribution in [1.29, 1.82) is 0 Å². The second kappa shape index (κ2) is 9.46. The summed E-state index contributed by atoms with van der Waals surface area (Å²) in [5, 5.41) is 0. The minimum Gasteiger partial charge on any atom is -0.384 e. The van der Waals surface area contributed by atoms with E-state index >= 15 is 0 Å². The molecule has 0 saturated heterocycles. The van der Waals surface area contributed by atoms with Gasteiger partial charge >= 0.3 is 0 Å². The Morgan fingerprint density at radius 3 is 2.50 bits per heavy atom. The maximum Gasteiger partial charge on any atom is 0.123 e. The van der Waals surface area contributed by atoms with Gasteiger partial charge in [0, 0.05) is 6.20 Å². The lowest BCUT2D eigenvalue weighted by molar-refractivity contribution is 0.347. The second-order valence-corrected chi connectivity index (χ2v) is 7.27. The highest BCUT2D eigenvalue weighted by atomic mass is 14.8. The number of hydrogen-bond donors (Lipinski definition) is 1. The highest BCUT2D eigenvalue weighted by molar-refractivity contribution is 5.31. The van der Waals surface area contributed by atoms with Crippen molar-refractivity contribution in [2.75, 3.05) is 5.73 Å². The first-order valence-corrected chi connectivity index (χ1v) is 9.32. The van der Waals surface area contributed by atoms with Gasteiger partial charge in [-0.3, -0.25) is 0 Å². The van der Waals surface area contributed by atoms with Crippen molar-refractivity contribution < 1.29 is 0 Å². The zero-order valence-corrected chi connectivity index (χ0v) is 15.5. The van der Waals surface area contributed by atoms with E-state index in [0.717, 1.165) is 18.3 Å². The van der Waals surface area contributed by atoms with Gasteiger partial charge < -0.3 is 5.73 Å². The normalized spacial score (nSPS) is 13.6. The number of benzene rings is 1. The lowest BCUT2D eigenvalue weighted by Crippen LogP contribution is -2.08. The van der Waals surface area contributed by atoms with Crippen LogP contribution >= 0.6 is 0 Å². The molecule has 2 N–H and O–H groups in total. The number of pyridine rings is 1. The molecule has 1 heterocycles. The summed E-state index contributed by atoms with van der Waals surface area (Å²) in [6, 6.07) is 13.0. The van der Waals surface area contributed by atoms with Crippen molar-refractivity contribution in [2.24, 2.45) is 11.8 Å². The number of nitrogens with zero attached hydrogens (tertiary/aromatic N) is 1. The number of anilines is 1. The van der Waals surface area contributed by atoms with Crippen LogP contribution in [0.4, 0.5) is 5.82 Å². The Balaban J connectivity index is 1.76. The van der Waals surface area contributed by atoms with Crippen LogP contribution in [0, 0.1) is 18.8 Å². The molecule has 0 radical (unpaired) electrons. The molecule has 2 heteroatoms. The van der Waals surface area contributed by atoms with Crippen molar-refractivity contribution >= 4 is 5.82 Å². The standard InChI is InChI=1S/C22H32N2/c1-4-19(10-11-21-12-13-24-22(23)16-21)14-18(3)8-9-20-7-5-6-17(2)15-20/h5-7,12-13,15-16,18-19H,4,8-11,14H2,1-3H3,(H2,23,24). The number of nitrogens with two attached hydrogens (primary N) is 1. The summed E-state index contributed by atoms with van der Waals surface area (Å²) in [6.45, 7) is 6.90. The Hall–Kier alpha value is -1.83. The van der Waals surface area contributed by atoms with E-state index < -0.39 is 0 Å². The molecule has 1 aromatic heterocycles. The summed E-state index contributed by atoms with van der Waals surface area (Å²) < 4.78 is 0. The van der Waals surface area contributed by atoms with Crippen molar-refractivity contribution in [3.05, 3.63) is 59.3 Å². The topological polar surface area (TPSA) is 38.9 Å². The van der Waals surface area contributed by atoms with Gasteiger partial charge in [0.15, 0.2) is 0 Å². The van der Waals surface area contributed by atoms with Crippen molar-refractivity contribution in [2.45, 2.75) is 59.3 Å². The van der Waals surface area contributed by atoms with Gasteiger partial charge in [0.2, 0.25) is 0 Å². The van der Waals surface area contributed by atoms with Crippen LogP contribution in [-0.2, 0) is 12.8 Å². The predicted molar refractivity (Wildman–Crippen MR) is 104 cm³/mol. The first kappa shape index (κ1) is 18.5. The number of aromatic nitrogens is 1. The second-order valence-electron chi connectivity index (χ2n) is 7.27. The minimum absolute atomic E-state index is 0.632. The van der Waals surface area contributed by atoms with E-state index in [2.05, 4.69) is 56.1 Å². The molecule has 0 spiro atoms. The minimum atomic E-state index is 0.632. The number of aryl methyl sites for hydroxylation is 3. The Labute approximate surface area is 147 Å². The van der Waals surface area contributed by atoms with E-state index in [0.29, 0.717) is 5.82 Å². The van der Waals surface area contributed by atoms with E-state index in [1.165, 1.54) is 48.8 Å². The fourth-order valence-corrected chi connectivity index (χ4v) is 3.48. The lowest BCUT2D eigenvalue weighted by atomic mass is 9.86. The molecule has 0 bridgehead atoms. The Bertz CT molecular complexity index is 621. The van der Waals surface area contributed by atoms with Gasteiger partial charge in [-0.25, -0.2) is 4.98 Å². The van der Waals surface area contributed by atoms with Gasteiger partial charge in [0.1, 0.15) is 5.82 Å². The van der Waals surface area contributed by atoms with Crippen LogP contribution < -0.4 is 5.73 Å². The van der Waals surface area contributed by atoms with Crippen LogP contribution in [0.5, 0.6) is 0 Å². The quantitative estimate of drug-likeness (QED) is 0.653. The molecule has 2 aromatic rings. The molecule has 1 aromatic carbocycles. The van der Waals surface area contributed by atoms with E-state index in [1.807, 2.05) is 12.3 Å². The largest absolute Gasteiger partial charge is 0.384 e. The van der Waals surface area contributed by atoms with E-state index in [4.69, 9.17) is 5.73 Å². The van der Waals surface area contributed by atoms with Crippen molar-refractivity contribution in [3.63, 3.8) is 0 Å². The van der Waals surface area contributed by atoms with Crippen LogP contribution in [-0.4, -0.2) is 4.98 Å². The van der Waals surface area contributed by atoms with E-state index in [9.17, 15) is 0 Å². The Kier molecular flexibility index (Phi) is 7.30. The summed E-state index contributed by atoms with van der Waals surface area (Å²) in [5.41, 5.74) is 9.92. The SMILES string of the molecule is CCC(CCc1ccnc(N)c1)CC(C)CCc1cccc(C)c1. The third kappa shape index (κ3) is 6.35.